The van der Waals surface area contributed by atoms with Gasteiger partial charge in [-0.3, -0.25) is 0 Å². The topological polar surface area (TPSA) is 61.2 Å². The number of benzene rings is 1. The average molecular weight is 337 g/mol. The van der Waals surface area contributed by atoms with Crippen molar-refractivity contribution in [2.45, 2.75) is 38.9 Å². The number of hydrogen-bond donors (Lipinski definition) is 1. The zero-order valence-electron chi connectivity index (χ0n) is 13.6. The van der Waals surface area contributed by atoms with Crippen molar-refractivity contribution in [3.05, 3.63) is 34.4 Å². The number of nitrogens with one attached hydrogen (secondary N) is 1. The standard InChI is InChI=1S/C16H21ClN4O2/c1-10(16-20-19-14-5-4-6-21(14)16)18-9-11-7-12(17)15(23-3)13(8-11)22-2/h7-8,10,18H,4-6,9H2,1-3H3. The highest BCUT2D eigenvalue weighted by atomic mass is 35.5. The zero-order chi connectivity index (χ0) is 16.4. The van der Waals surface area contributed by atoms with Crippen LogP contribution in [-0.4, -0.2) is 29.0 Å². The van der Waals surface area contributed by atoms with Crippen LogP contribution in [0.5, 0.6) is 11.5 Å². The molecule has 0 fully saturated rings. The normalized spacial score (nSPS) is 14.6. The van der Waals surface area contributed by atoms with Crippen LogP contribution in [0.2, 0.25) is 5.02 Å². The Morgan fingerprint density at radius 2 is 2.13 bits per heavy atom. The van der Waals surface area contributed by atoms with E-state index in [0.717, 1.165) is 36.6 Å². The van der Waals surface area contributed by atoms with Crippen LogP contribution >= 0.6 is 11.6 Å². The molecule has 7 heteroatoms. The minimum atomic E-state index is 0.112. The Hall–Kier alpha value is -1.79. The molecular weight excluding hydrogens is 316 g/mol. The molecule has 1 aromatic carbocycles. The average Bonchev–Trinajstić information content (AvgIpc) is 3.15. The van der Waals surface area contributed by atoms with Gasteiger partial charge in [0.15, 0.2) is 11.5 Å². The predicted molar refractivity (Wildman–Crippen MR) is 88.2 cm³/mol. The lowest BCUT2D eigenvalue weighted by molar-refractivity contribution is 0.354. The molecule has 23 heavy (non-hydrogen) atoms. The lowest BCUT2D eigenvalue weighted by Crippen LogP contribution is -2.21. The molecule has 1 aliphatic heterocycles. The second kappa shape index (κ2) is 6.76. The molecule has 0 bridgehead atoms. The molecule has 2 heterocycles. The number of ether oxygens (including phenoxy) is 2. The molecule has 0 spiro atoms. The Labute approximate surface area is 140 Å². The number of methoxy groups -OCH3 is 2. The molecule has 2 aromatic rings. The quantitative estimate of drug-likeness (QED) is 0.879. The minimum absolute atomic E-state index is 0.112. The van der Waals surface area contributed by atoms with E-state index in [1.54, 1.807) is 14.2 Å². The Morgan fingerprint density at radius 3 is 2.87 bits per heavy atom. The highest BCUT2D eigenvalue weighted by Crippen LogP contribution is 2.36. The summed E-state index contributed by atoms with van der Waals surface area (Å²) in [5.41, 5.74) is 1.03. The molecule has 3 rings (SSSR count). The van der Waals surface area contributed by atoms with Gasteiger partial charge in [-0.1, -0.05) is 11.6 Å². The number of rotatable bonds is 6. The lowest BCUT2D eigenvalue weighted by Gasteiger charge is -2.16. The largest absolute Gasteiger partial charge is 0.493 e. The van der Waals surface area contributed by atoms with Crippen LogP contribution in [0.1, 0.15) is 36.6 Å². The third-order valence-electron chi connectivity index (χ3n) is 4.13. The first-order chi connectivity index (χ1) is 11.1. The molecule has 0 amide bonds. The third-order valence-corrected chi connectivity index (χ3v) is 4.41. The van der Waals surface area contributed by atoms with Gasteiger partial charge in [0, 0.05) is 19.5 Å². The Morgan fingerprint density at radius 1 is 1.30 bits per heavy atom. The van der Waals surface area contributed by atoms with Gasteiger partial charge >= 0.3 is 0 Å². The second-order valence-corrected chi connectivity index (χ2v) is 6.05. The van der Waals surface area contributed by atoms with Crippen molar-refractivity contribution < 1.29 is 9.47 Å². The fourth-order valence-corrected chi connectivity index (χ4v) is 3.24. The number of aryl methyl sites for hydroxylation is 1. The van der Waals surface area contributed by atoms with Crippen molar-refractivity contribution >= 4 is 11.6 Å². The van der Waals surface area contributed by atoms with Crippen LogP contribution in [0.15, 0.2) is 12.1 Å². The van der Waals surface area contributed by atoms with Crippen LogP contribution in [0.4, 0.5) is 0 Å². The summed E-state index contributed by atoms with van der Waals surface area (Å²) >= 11 is 6.25. The van der Waals surface area contributed by atoms with Crippen LogP contribution in [0.3, 0.4) is 0 Å². The third kappa shape index (κ3) is 3.14. The lowest BCUT2D eigenvalue weighted by atomic mass is 10.2. The van der Waals surface area contributed by atoms with Crippen molar-refractivity contribution in [3.63, 3.8) is 0 Å². The summed E-state index contributed by atoms with van der Waals surface area (Å²) in [5.74, 6) is 3.26. The van der Waals surface area contributed by atoms with E-state index in [0.29, 0.717) is 23.1 Å². The van der Waals surface area contributed by atoms with Gasteiger partial charge < -0.3 is 19.4 Å². The van der Waals surface area contributed by atoms with Gasteiger partial charge in [0.25, 0.3) is 0 Å². The van der Waals surface area contributed by atoms with Gasteiger partial charge in [0.05, 0.1) is 25.3 Å². The number of aromatic nitrogens is 3. The monoisotopic (exact) mass is 336 g/mol. The summed E-state index contributed by atoms with van der Waals surface area (Å²) < 4.78 is 12.8. The molecule has 1 aliphatic rings. The molecule has 0 saturated heterocycles. The Bertz CT molecular complexity index is 702. The van der Waals surface area contributed by atoms with Crippen molar-refractivity contribution in [2.24, 2.45) is 0 Å². The first-order valence-electron chi connectivity index (χ1n) is 7.69. The molecule has 1 aromatic heterocycles. The zero-order valence-corrected chi connectivity index (χ0v) is 14.4. The van der Waals surface area contributed by atoms with E-state index in [9.17, 15) is 0 Å². The van der Waals surface area contributed by atoms with E-state index in [-0.39, 0.29) is 6.04 Å². The van der Waals surface area contributed by atoms with Crippen molar-refractivity contribution in [3.8, 4) is 11.5 Å². The van der Waals surface area contributed by atoms with Crippen molar-refractivity contribution in [1.82, 2.24) is 20.1 Å². The maximum Gasteiger partial charge on any atom is 0.179 e. The van der Waals surface area contributed by atoms with E-state index in [1.807, 2.05) is 12.1 Å². The highest BCUT2D eigenvalue weighted by Gasteiger charge is 2.21. The molecule has 1 unspecified atom stereocenters. The summed E-state index contributed by atoms with van der Waals surface area (Å²) in [6.45, 7) is 3.76. The molecule has 0 aliphatic carbocycles. The molecular formula is C16H21ClN4O2. The van der Waals surface area contributed by atoms with E-state index in [1.165, 1.54) is 0 Å². The van der Waals surface area contributed by atoms with E-state index in [4.69, 9.17) is 21.1 Å². The number of nitrogens with zero attached hydrogens (tertiary/aromatic N) is 3. The fraction of sp³-hybridized carbons (Fsp3) is 0.500. The first-order valence-corrected chi connectivity index (χ1v) is 8.07. The van der Waals surface area contributed by atoms with Crippen LogP contribution in [-0.2, 0) is 19.5 Å². The Balaban J connectivity index is 1.71. The van der Waals surface area contributed by atoms with Gasteiger partial charge in [-0.25, -0.2) is 0 Å². The number of halogens is 1. The van der Waals surface area contributed by atoms with E-state index in [2.05, 4.69) is 27.0 Å². The molecule has 124 valence electrons. The number of fused-ring (bicyclic) bond motifs is 1. The van der Waals surface area contributed by atoms with Crippen LogP contribution in [0, 0.1) is 0 Å². The van der Waals surface area contributed by atoms with Gasteiger partial charge in [-0.2, -0.15) is 0 Å². The molecule has 1 N–H and O–H groups in total. The minimum Gasteiger partial charge on any atom is -0.493 e. The Kier molecular flexibility index (Phi) is 4.73. The first kappa shape index (κ1) is 16.1. The van der Waals surface area contributed by atoms with Gasteiger partial charge in [0.1, 0.15) is 11.6 Å². The molecule has 1 atom stereocenters. The molecule has 0 radical (unpaired) electrons. The number of hydrogen-bond acceptors (Lipinski definition) is 5. The van der Waals surface area contributed by atoms with Crippen LogP contribution < -0.4 is 14.8 Å². The maximum absolute atomic E-state index is 6.25. The highest BCUT2D eigenvalue weighted by molar-refractivity contribution is 6.32. The SMILES string of the molecule is COc1cc(CNC(C)c2nnc3n2CCC3)cc(Cl)c1OC. The van der Waals surface area contributed by atoms with Crippen molar-refractivity contribution in [1.29, 1.82) is 0 Å². The summed E-state index contributed by atoms with van der Waals surface area (Å²) in [5, 5.41) is 12.6. The fourth-order valence-electron chi connectivity index (χ4n) is 2.93. The molecule has 0 saturated carbocycles. The van der Waals surface area contributed by atoms with Crippen LogP contribution in [0.25, 0.3) is 0 Å². The van der Waals surface area contributed by atoms with Gasteiger partial charge in [-0.15, -0.1) is 10.2 Å². The van der Waals surface area contributed by atoms with E-state index >= 15 is 0 Å². The second-order valence-electron chi connectivity index (χ2n) is 5.65. The summed E-state index contributed by atoms with van der Waals surface area (Å²) in [7, 11) is 3.18. The maximum atomic E-state index is 6.25. The summed E-state index contributed by atoms with van der Waals surface area (Å²) in [4.78, 5) is 0. The van der Waals surface area contributed by atoms with Crippen molar-refractivity contribution in [2.75, 3.05) is 14.2 Å². The summed E-state index contributed by atoms with van der Waals surface area (Å²) in [6.07, 6.45) is 2.17. The smallest absolute Gasteiger partial charge is 0.179 e. The summed E-state index contributed by atoms with van der Waals surface area (Å²) in [6, 6.07) is 3.93. The predicted octanol–water partition coefficient (Wildman–Crippen LogP) is 2.75. The van der Waals surface area contributed by atoms with Gasteiger partial charge in [-0.05, 0) is 31.0 Å². The molecule has 6 nitrogen and oxygen atoms in total. The van der Waals surface area contributed by atoms with E-state index < -0.39 is 0 Å². The van der Waals surface area contributed by atoms with Gasteiger partial charge in [0.2, 0.25) is 0 Å².